The lowest BCUT2D eigenvalue weighted by Crippen LogP contribution is -2.40. The van der Waals surface area contributed by atoms with E-state index in [9.17, 15) is 4.79 Å². The van der Waals surface area contributed by atoms with E-state index in [1.165, 1.54) is 56.3 Å². The topological polar surface area (TPSA) is 50.2 Å². The van der Waals surface area contributed by atoms with Crippen molar-refractivity contribution in [3.8, 4) is 0 Å². The number of carbonyl (C=O) groups is 1. The molecule has 1 aliphatic carbocycles. The van der Waals surface area contributed by atoms with Crippen LogP contribution in [0.4, 0.5) is 0 Å². The van der Waals surface area contributed by atoms with Gasteiger partial charge in [0.05, 0.1) is 5.69 Å². The van der Waals surface area contributed by atoms with Crippen LogP contribution in [0, 0.1) is 0 Å². The average molecular weight is 332 g/mol. The second-order valence-electron chi connectivity index (χ2n) is 7.30. The van der Waals surface area contributed by atoms with Gasteiger partial charge < -0.3 is 10.2 Å². The van der Waals surface area contributed by atoms with E-state index in [1.807, 2.05) is 4.68 Å². The number of carbonyl (C=O) groups excluding carboxylic acids is 1. The molecule has 1 amide bonds. The molecule has 0 spiro atoms. The number of fused-ring (bicyclic) bond motifs is 1. The van der Waals surface area contributed by atoms with Crippen LogP contribution in [0.3, 0.4) is 0 Å². The minimum absolute atomic E-state index is 0.0838. The number of likely N-dealkylation sites (tertiary alicyclic amines) is 1. The number of nitrogens with one attached hydrogen (secondary N) is 1. The number of aromatic nitrogens is 2. The van der Waals surface area contributed by atoms with Crippen LogP contribution in [0.15, 0.2) is 6.20 Å². The fraction of sp³-hybridized carbons (Fsp3) is 0.789. The highest BCUT2D eigenvalue weighted by Crippen LogP contribution is 2.20. The predicted octanol–water partition coefficient (Wildman–Crippen LogP) is 2.53. The molecule has 1 fully saturated rings. The first-order valence-electron chi connectivity index (χ1n) is 9.82. The van der Waals surface area contributed by atoms with Crippen molar-refractivity contribution in [2.24, 2.45) is 0 Å². The van der Waals surface area contributed by atoms with E-state index in [1.54, 1.807) is 0 Å². The fourth-order valence-electron chi connectivity index (χ4n) is 4.14. The maximum absolute atomic E-state index is 12.1. The van der Waals surface area contributed by atoms with Crippen LogP contribution < -0.4 is 5.32 Å². The number of amides is 1. The van der Waals surface area contributed by atoms with Crippen LogP contribution >= 0.6 is 0 Å². The number of rotatable bonds is 7. The molecular weight excluding hydrogens is 300 g/mol. The zero-order valence-corrected chi connectivity index (χ0v) is 15.1. The smallest absolute Gasteiger partial charge is 0.241 e. The molecule has 2 aliphatic rings. The normalized spacial score (nSPS) is 21.5. The van der Waals surface area contributed by atoms with E-state index < -0.39 is 0 Å². The first-order valence-corrected chi connectivity index (χ1v) is 9.82. The Morgan fingerprint density at radius 3 is 3.00 bits per heavy atom. The third-order valence-electron chi connectivity index (χ3n) is 5.50. The molecule has 1 saturated heterocycles. The summed E-state index contributed by atoms with van der Waals surface area (Å²) in [6, 6.07) is 0.754. The summed E-state index contributed by atoms with van der Waals surface area (Å²) in [6.07, 6.45) is 13.1. The first-order chi connectivity index (χ1) is 11.8. The molecule has 0 radical (unpaired) electrons. The second kappa shape index (κ2) is 8.65. The summed E-state index contributed by atoms with van der Waals surface area (Å²) in [4.78, 5) is 14.7. The summed E-state index contributed by atoms with van der Waals surface area (Å²) >= 11 is 0. The molecule has 134 valence electrons. The number of nitrogens with zero attached hydrogens (tertiary/aromatic N) is 3. The van der Waals surface area contributed by atoms with Gasteiger partial charge in [-0.1, -0.05) is 13.3 Å². The number of hydrogen-bond acceptors (Lipinski definition) is 3. The Morgan fingerprint density at radius 1 is 1.29 bits per heavy atom. The highest BCUT2D eigenvalue weighted by molar-refractivity contribution is 5.75. The van der Waals surface area contributed by atoms with Gasteiger partial charge >= 0.3 is 0 Å². The summed E-state index contributed by atoms with van der Waals surface area (Å²) in [6.45, 7) is 5.75. The molecule has 3 rings (SSSR count). The van der Waals surface area contributed by atoms with Crippen molar-refractivity contribution in [2.75, 3.05) is 19.6 Å². The Bertz CT molecular complexity index is 516. The monoisotopic (exact) mass is 332 g/mol. The van der Waals surface area contributed by atoms with Gasteiger partial charge in [0.2, 0.25) is 5.91 Å². The Morgan fingerprint density at radius 2 is 2.17 bits per heavy atom. The number of piperidine rings is 1. The predicted molar refractivity (Wildman–Crippen MR) is 96.0 cm³/mol. The van der Waals surface area contributed by atoms with Crippen molar-refractivity contribution < 1.29 is 4.79 Å². The molecule has 1 aromatic heterocycles. The van der Waals surface area contributed by atoms with Crippen molar-refractivity contribution in [2.45, 2.75) is 77.3 Å². The standard InChI is InChI=1S/C19H32N4O/c1-2-17-9-5-6-12-22(17)13-7-11-20-19(24)15-23-14-16-8-3-4-10-18(16)21-23/h14,17H,2-13,15H2,1H3,(H,20,24). The molecule has 5 nitrogen and oxygen atoms in total. The van der Waals surface area contributed by atoms with Gasteiger partial charge in [0.25, 0.3) is 0 Å². The molecule has 0 saturated carbocycles. The lowest BCUT2D eigenvalue weighted by Gasteiger charge is -2.35. The van der Waals surface area contributed by atoms with E-state index in [-0.39, 0.29) is 5.91 Å². The van der Waals surface area contributed by atoms with Crippen molar-refractivity contribution in [3.05, 3.63) is 17.5 Å². The highest BCUT2D eigenvalue weighted by Gasteiger charge is 2.20. The largest absolute Gasteiger partial charge is 0.354 e. The van der Waals surface area contributed by atoms with Gasteiger partial charge in [-0.3, -0.25) is 9.48 Å². The molecular formula is C19H32N4O. The van der Waals surface area contributed by atoms with E-state index in [0.717, 1.165) is 38.4 Å². The van der Waals surface area contributed by atoms with Gasteiger partial charge in [0.15, 0.2) is 0 Å². The quantitative estimate of drug-likeness (QED) is 0.781. The van der Waals surface area contributed by atoms with Gasteiger partial charge in [-0.15, -0.1) is 0 Å². The van der Waals surface area contributed by atoms with Crippen LogP contribution in [0.25, 0.3) is 0 Å². The molecule has 0 bridgehead atoms. The molecule has 24 heavy (non-hydrogen) atoms. The summed E-state index contributed by atoms with van der Waals surface area (Å²) in [5.74, 6) is 0.0838. The van der Waals surface area contributed by atoms with Crippen LogP contribution in [-0.4, -0.2) is 46.3 Å². The van der Waals surface area contributed by atoms with Gasteiger partial charge in [-0.2, -0.15) is 5.10 Å². The van der Waals surface area contributed by atoms with E-state index in [4.69, 9.17) is 0 Å². The Kier molecular flexibility index (Phi) is 6.30. The lowest BCUT2D eigenvalue weighted by molar-refractivity contribution is -0.121. The van der Waals surface area contributed by atoms with Crippen LogP contribution in [0.2, 0.25) is 0 Å². The molecule has 5 heteroatoms. The maximum Gasteiger partial charge on any atom is 0.241 e. The zero-order valence-electron chi connectivity index (χ0n) is 15.1. The summed E-state index contributed by atoms with van der Waals surface area (Å²) in [5, 5.41) is 7.62. The van der Waals surface area contributed by atoms with Gasteiger partial charge in [0.1, 0.15) is 6.54 Å². The summed E-state index contributed by atoms with van der Waals surface area (Å²) < 4.78 is 1.82. The third-order valence-corrected chi connectivity index (χ3v) is 5.50. The van der Waals surface area contributed by atoms with Crippen LogP contribution in [0.1, 0.15) is 63.1 Å². The average Bonchev–Trinajstić information content (AvgIpc) is 3.01. The van der Waals surface area contributed by atoms with Crippen LogP contribution in [0.5, 0.6) is 0 Å². The Balaban J connectivity index is 1.36. The van der Waals surface area contributed by atoms with E-state index in [2.05, 4.69) is 28.4 Å². The van der Waals surface area contributed by atoms with Crippen LogP contribution in [-0.2, 0) is 24.2 Å². The molecule has 1 aliphatic heterocycles. The van der Waals surface area contributed by atoms with Gasteiger partial charge in [-0.25, -0.2) is 0 Å². The van der Waals surface area contributed by atoms with Crippen molar-refractivity contribution in [1.29, 1.82) is 0 Å². The lowest BCUT2D eigenvalue weighted by atomic mass is 9.99. The van der Waals surface area contributed by atoms with Gasteiger partial charge in [0, 0.05) is 25.3 Å². The summed E-state index contributed by atoms with van der Waals surface area (Å²) in [7, 11) is 0. The molecule has 1 aromatic rings. The van der Waals surface area contributed by atoms with Gasteiger partial charge in [-0.05, 0) is 63.5 Å². The van der Waals surface area contributed by atoms with Crippen molar-refractivity contribution in [3.63, 3.8) is 0 Å². The molecule has 2 heterocycles. The number of aryl methyl sites for hydroxylation is 2. The van der Waals surface area contributed by atoms with E-state index >= 15 is 0 Å². The SMILES string of the molecule is CCC1CCCCN1CCCNC(=O)Cn1cc2c(n1)CCCC2. The second-order valence-corrected chi connectivity index (χ2v) is 7.30. The fourth-order valence-corrected chi connectivity index (χ4v) is 4.14. The third kappa shape index (κ3) is 4.59. The summed E-state index contributed by atoms with van der Waals surface area (Å²) in [5.41, 5.74) is 2.54. The number of hydrogen-bond donors (Lipinski definition) is 1. The first kappa shape index (κ1) is 17.5. The zero-order chi connectivity index (χ0) is 16.8. The van der Waals surface area contributed by atoms with E-state index in [0.29, 0.717) is 6.54 Å². The molecule has 0 aromatic carbocycles. The Labute approximate surface area is 145 Å². The Hall–Kier alpha value is -1.36. The molecule has 1 atom stereocenters. The minimum Gasteiger partial charge on any atom is -0.354 e. The van der Waals surface area contributed by atoms with Crippen molar-refractivity contribution >= 4 is 5.91 Å². The molecule has 1 unspecified atom stereocenters. The highest BCUT2D eigenvalue weighted by atomic mass is 16.2. The van der Waals surface area contributed by atoms with Crippen molar-refractivity contribution in [1.82, 2.24) is 20.0 Å². The minimum atomic E-state index is 0.0838. The maximum atomic E-state index is 12.1. The molecule has 1 N–H and O–H groups in total.